The summed E-state index contributed by atoms with van der Waals surface area (Å²) in [6, 6.07) is 8.50. The third-order valence-electron chi connectivity index (χ3n) is 3.72. The van der Waals surface area contributed by atoms with Gasteiger partial charge in [-0.1, -0.05) is 18.2 Å². The second kappa shape index (κ2) is 4.54. The van der Waals surface area contributed by atoms with Crippen LogP contribution in [0.4, 0.5) is 10.5 Å². The summed E-state index contributed by atoms with van der Waals surface area (Å²) in [7, 11) is -0.815. The summed E-state index contributed by atoms with van der Waals surface area (Å²) < 4.78 is 11.7. The molecule has 19 heavy (non-hydrogen) atoms. The van der Waals surface area contributed by atoms with E-state index in [4.69, 9.17) is 15.0 Å². The van der Waals surface area contributed by atoms with Gasteiger partial charge in [-0.2, -0.15) is 0 Å². The Balaban J connectivity index is 2.31. The molecule has 1 aliphatic heterocycles. The molecule has 2 rings (SSSR count). The van der Waals surface area contributed by atoms with Crippen molar-refractivity contribution in [2.24, 2.45) is 5.73 Å². The molecule has 5 nitrogen and oxygen atoms in total. The minimum absolute atomic E-state index is 0.514. The standard InChI is InChI=1S/C13H19BN2O3/c1-12(2)13(3,4)19-14(18-12)16(11(15)17)10-8-6-5-7-9-10/h5-9H,1-4H3,(H2,15,17). The van der Waals surface area contributed by atoms with Gasteiger partial charge in [0.2, 0.25) is 0 Å². The fourth-order valence-electron chi connectivity index (χ4n) is 1.86. The molecule has 1 saturated heterocycles. The highest BCUT2D eigenvalue weighted by Crippen LogP contribution is 2.38. The van der Waals surface area contributed by atoms with Crippen molar-refractivity contribution >= 4 is 19.0 Å². The van der Waals surface area contributed by atoms with Crippen LogP contribution in [-0.2, 0) is 9.31 Å². The predicted octanol–water partition coefficient (Wildman–Crippen LogP) is 2.16. The molecular formula is C13H19BN2O3. The first-order valence-corrected chi connectivity index (χ1v) is 6.24. The Morgan fingerprint density at radius 1 is 1.11 bits per heavy atom. The van der Waals surface area contributed by atoms with Crippen LogP contribution in [0.2, 0.25) is 0 Å². The van der Waals surface area contributed by atoms with Crippen molar-refractivity contribution in [1.29, 1.82) is 0 Å². The van der Waals surface area contributed by atoms with Gasteiger partial charge in [0.25, 0.3) is 0 Å². The lowest BCUT2D eigenvalue weighted by Gasteiger charge is -2.32. The fourth-order valence-corrected chi connectivity index (χ4v) is 1.86. The number of para-hydroxylation sites is 1. The van der Waals surface area contributed by atoms with Crippen LogP contribution < -0.4 is 10.5 Å². The molecular weight excluding hydrogens is 243 g/mol. The molecule has 0 radical (unpaired) electrons. The zero-order valence-corrected chi connectivity index (χ0v) is 11.7. The van der Waals surface area contributed by atoms with E-state index in [1.54, 1.807) is 12.1 Å². The number of anilines is 1. The Bertz CT molecular complexity index is 460. The Morgan fingerprint density at radius 2 is 1.58 bits per heavy atom. The van der Waals surface area contributed by atoms with Gasteiger partial charge in [0.1, 0.15) is 0 Å². The lowest BCUT2D eigenvalue weighted by molar-refractivity contribution is 0.00578. The molecule has 6 heteroatoms. The highest BCUT2D eigenvalue weighted by Gasteiger charge is 2.55. The Hall–Kier alpha value is -1.53. The molecule has 1 aromatic carbocycles. The monoisotopic (exact) mass is 262 g/mol. The van der Waals surface area contributed by atoms with E-state index < -0.39 is 24.5 Å². The quantitative estimate of drug-likeness (QED) is 0.830. The average Bonchev–Trinajstić information content (AvgIpc) is 2.48. The summed E-state index contributed by atoms with van der Waals surface area (Å²) >= 11 is 0. The van der Waals surface area contributed by atoms with Crippen LogP contribution in [0.3, 0.4) is 0 Å². The van der Waals surface area contributed by atoms with Crippen molar-refractivity contribution in [3.63, 3.8) is 0 Å². The summed E-state index contributed by atoms with van der Waals surface area (Å²) in [4.78, 5) is 13.0. The number of carbonyl (C=O) groups excluding carboxylic acids is 1. The largest absolute Gasteiger partial charge is 0.602 e. The number of rotatable bonds is 2. The second-order valence-electron chi connectivity index (χ2n) is 5.61. The van der Waals surface area contributed by atoms with Crippen LogP contribution in [0.1, 0.15) is 27.7 Å². The number of benzene rings is 1. The van der Waals surface area contributed by atoms with Crippen LogP contribution in [0.5, 0.6) is 0 Å². The second-order valence-corrected chi connectivity index (χ2v) is 5.61. The van der Waals surface area contributed by atoms with Crippen molar-refractivity contribution in [3.8, 4) is 0 Å². The Morgan fingerprint density at radius 3 is 2.00 bits per heavy atom. The molecule has 1 aromatic rings. The van der Waals surface area contributed by atoms with E-state index in [2.05, 4.69) is 0 Å². The molecule has 0 spiro atoms. The normalized spacial score (nSPS) is 20.3. The van der Waals surface area contributed by atoms with Gasteiger partial charge in [-0.25, -0.2) is 4.79 Å². The first-order chi connectivity index (χ1) is 8.74. The Labute approximate surface area is 113 Å². The van der Waals surface area contributed by atoms with Gasteiger partial charge in [0, 0.05) is 5.69 Å². The molecule has 1 fully saturated rings. The minimum atomic E-state index is -0.815. The first-order valence-electron chi connectivity index (χ1n) is 6.24. The molecule has 0 aromatic heterocycles. The summed E-state index contributed by atoms with van der Waals surface area (Å²) in [6.45, 7) is 7.71. The van der Waals surface area contributed by atoms with Gasteiger partial charge >= 0.3 is 13.3 Å². The third-order valence-corrected chi connectivity index (χ3v) is 3.72. The maximum Gasteiger partial charge on any atom is 0.602 e. The van der Waals surface area contributed by atoms with Crippen LogP contribution in [0.15, 0.2) is 30.3 Å². The zero-order valence-electron chi connectivity index (χ0n) is 11.7. The molecule has 2 N–H and O–H groups in total. The minimum Gasteiger partial charge on any atom is -0.384 e. The third kappa shape index (κ3) is 2.46. The van der Waals surface area contributed by atoms with Crippen molar-refractivity contribution in [2.45, 2.75) is 38.9 Å². The number of amides is 2. The van der Waals surface area contributed by atoms with Crippen molar-refractivity contribution in [3.05, 3.63) is 30.3 Å². The highest BCUT2D eigenvalue weighted by atomic mass is 16.7. The van der Waals surface area contributed by atoms with Gasteiger partial charge in [0.05, 0.1) is 11.2 Å². The number of nitrogens with two attached hydrogens (primary N) is 1. The average molecular weight is 262 g/mol. The Kier molecular flexibility index (Phi) is 3.32. The van der Waals surface area contributed by atoms with Crippen molar-refractivity contribution in [1.82, 2.24) is 0 Å². The maximum absolute atomic E-state index is 11.7. The molecule has 0 unspecified atom stereocenters. The van der Waals surface area contributed by atoms with Crippen LogP contribution in [-0.4, -0.2) is 24.5 Å². The van der Waals surface area contributed by atoms with Gasteiger partial charge < -0.3 is 15.0 Å². The molecule has 0 atom stereocenters. The fraction of sp³-hybridized carbons (Fsp3) is 0.462. The molecule has 1 heterocycles. The van der Waals surface area contributed by atoms with Gasteiger partial charge in [-0.15, -0.1) is 0 Å². The van der Waals surface area contributed by atoms with E-state index in [1.165, 1.54) is 4.81 Å². The number of nitrogens with zero attached hydrogens (tertiary/aromatic N) is 1. The van der Waals surface area contributed by atoms with Gasteiger partial charge in [-0.05, 0) is 39.8 Å². The number of carbonyl (C=O) groups is 1. The lowest BCUT2D eigenvalue weighted by atomic mass is 9.90. The number of urea groups is 1. The van der Waals surface area contributed by atoms with E-state index >= 15 is 0 Å². The number of hydrogen-bond donors (Lipinski definition) is 1. The number of hydrogen-bond acceptors (Lipinski definition) is 3. The highest BCUT2D eigenvalue weighted by molar-refractivity contribution is 6.56. The van der Waals surface area contributed by atoms with Crippen molar-refractivity contribution < 1.29 is 14.1 Å². The van der Waals surface area contributed by atoms with E-state index in [0.29, 0.717) is 5.69 Å². The van der Waals surface area contributed by atoms with Crippen LogP contribution >= 0.6 is 0 Å². The summed E-state index contributed by atoms with van der Waals surface area (Å²) in [5.74, 6) is 0. The first kappa shape index (κ1) is 13.9. The molecule has 2 amide bonds. The molecule has 102 valence electrons. The zero-order chi connectivity index (χ0) is 14.3. The van der Waals surface area contributed by atoms with Gasteiger partial charge in [0.15, 0.2) is 0 Å². The SMILES string of the molecule is CC1(C)OB(N(C(N)=O)c2ccccc2)OC1(C)C. The molecule has 0 bridgehead atoms. The molecule has 0 aliphatic carbocycles. The summed E-state index contributed by atoms with van der Waals surface area (Å²) in [5, 5.41) is 0. The summed E-state index contributed by atoms with van der Waals surface area (Å²) in [6.07, 6.45) is 0. The van der Waals surface area contributed by atoms with Crippen LogP contribution in [0.25, 0.3) is 0 Å². The maximum atomic E-state index is 11.7. The van der Waals surface area contributed by atoms with E-state index in [0.717, 1.165) is 0 Å². The van der Waals surface area contributed by atoms with E-state index in [9.17, 15) is 4.79 Å². The van der Waals surface area contributed by atoms with E-state index in [-0.39, 0.29) is 0 Å². The van der Waals surface area contributed by atoms with E-state index in [1.807, 2.05) is 45.9 Å². The van der Waals surface area contributed by atoms with Crippen molar-refractivity contribution in [2.75, 3.05) is 4.81 Å². The smallest absolute Gasteiger partial charge is 0.384 e. The van der Waals surface area contributed by atoms with Gasteiger partial charge in [-0.3, -0.25) is 4.81 Å². The number of primary amides is 1. The summed E-state index contributed by atoms with van der Waals surface area (Å²) in [5.41, 5.74) is 5.07. The van der Waals surface area contributed by atoms with Crippen LogP contribution in [0, 0.1) is 0 Å². The predicted molar refractivity (Wildman–Crippen MR) is 74.6 cm³/mol. The molecule has 1 aliphatic rings. The molecule has 0 saturated carbocycles. The topological polar surface area (TPSA) is 64.8 Å². The lowest BCUT2D eigenvalue weighted by Crippen LogP contribution is -2.49.